The average Bonchev–Trinajstić information content (AvgIpc) is 2.51. The number of aliphatic hydroxyl groups excluding tert-OH is 1. The van der Waals surface area contributed by atoms with Crippen LogP contribution in [0.1, 0.15) is 37.3 Å². The van der Waals surface area contributed by atoms with E-state index >= 15 is 0 Å². The van der Waals surface area contributed by atoms with E-state index in [1.165, 1.54) is 0 Å². The standard InChI is InChI=1S/C8H10N2O2/c1-5(2)6-3-8(12-10-6)7(11)4-9/h3,5,7,11H,1-2H3. The highest BCUT2D eigenvalue weighted by molar-refractivity contribution is 5.14. The minimum Gasteiger partial charge on any atom is -0.371 e. The van der Waals surface area contributed by atoms with Crippen molar-refractivity contribution in [2.24, 2.45) is 0 Å². The van der Waals surface area contributed by atoms with Gasteiger partial charge in [0.05, 0.1) is 5.69 Å². The molecule has 0 spiro atoms. The van der Waals surface area contributed by atoms with Gasteiger partial charge in [-0.3, -0.25) is 0 Å². The zero-order valence-corrected chi connectivity index (χ0v) is 6.98. The van der Waals surface area contributed by atoms with Gasteiger partial charge in [-0.25, -0.2) is 0 Å². The molecular weight excluding hydrogens is 156 g/mol. The Morgan fingerprint density at radius 1 is 1.67 bits per heavy atom. The van der Waals surface area contributed by atoms with Crippen molar-refractivity contribution in [3.05, 3.63) is 17.5 Å². The lowest BCUT2D eigenvalue weighted by Gasteiger charge is -1.93. The number of aromatic nitrogens is 1. The number of aliphatic hydroxyl groups is 1. The largest absolute Gasteiger partial charge is 0.371 e. The molecule has 4 nitrogen and oxygen atoms in total. The van der Waals surface area contributed by atoms with Crippen LogP contribution in [0.2, 0.25) is 0 Å². The molecule has 0 radical (unpaired) electrons. The number of nitrogens with zero attached hydrogens (tertiary/aromatic N) is 2. The van der Waals surface area contributed by atoms with Gasteiger partial charge in [0.2, 0.25) is 6.10 Å². The van der Waals surface area contributed by atoms with E-state index < -0.39 is 6.10 Å². The highest BCUT2D eigenvalue weighted by Crippen LogP contribution is 2.18. The summed E-state index contributed by atoms with van der Waals surface area (Å²) in [5.74, 6) is 0.453. The molecular formula is C8H10N2O2. The van der Waals surface area contributed by atoms with Gasteiger partial charge in [-0.15, -0.1) is 0 Å². The molecule has 1 heterocycles. The molecule has 1 aromatic heterocycles. The Bertz CT molecular complexity index is 298. The minimum absolute atomic E-state index is 0.209. The third-order valence-electron chi connectivity index (χ3n) is 1.53. The molecule has 0 fully saturated rings. The Kier molecular flexibility index (Phi) is 2.46. The normalized spacial score (nSPS) is 12.9. The molecule has 1 atom stereocenters. The van der Waals surface area contributed by atoms with Crippen LogP contribution in [0.15, 0.2) is 10.6 Å². The third kappa shape index (κ3) is 1.63. The van der Waals surface area contributed by atoms with Gasteiger partial charge in [0.15, 0.2) is 5.76 Å². The van der Waals surface area contributed by atoms with E-state index in [2.05, 4.69) is 5.16 Å². The van der Waals surface area contributed by atoms with Crippen LogP contribution in [0.25, 0.3) is 0 Å². The quantitative estimate of drug-likeness (QED) is 0.673. The van der Waals surface area contributed by atoms with Crippen LogP contribution >= 0.6 is 0 Å². The molecule has 0 aliphatic rings. The van der Waals surface area contributed by atoms with E-state index in [0.29, 0.717) is 0 Å². The maximum absolute atomic E-state index is 9.03. The van der Waals surface area contributed by atoms with Gasteiger partial charge in [0.25, 0.3) is 0 Å². The fraction of sp³-hybridized carbons (Fsp3) is 0.500. The monoisotopic (exact) mass is 166 g/mol. The molecule has 1 aromatic rings. The molecule has 0 amide bonds. The summed E-state index contributed by atoms with van der Waals surface area (Å²) in [4.78, 5) is 0. The van der Waals surface area contributed by atoms with Crippen LogP contribution in [-0.2, 0) is 0 Å². The summed E-state index contributed by atoms with van der Waals surface area (Å²) in [6.07, 6.45) is -1.20. The highest BCUT2D eigenvalue weighted by atomic mass is 16.5. The molecule has 0 aromatic carbocycles. The van der Waals surface area contributed by atoms with Crippen molar-refractivity contribution in [2.75, 3.05) is 0 Å². The molecule has 1 unspecified atom stereocenters. The molecule has 0 aliphatic carbocycles. The molecule has 12 heavy (non-hydrogen) atoms. The lowest BCUT2D eigenvalue weighted by molar-refractivity contribution is 0.189. The van der Waals surface area contributed by atoms with Gasteiger partial charge in [0, 0.05) is 6.07 Å². The van der Waals surface area contributed by atoms with E-state index in [1.807, 2.05) is 13.8 Å². The van der Waals surface area contributed by atoms with Crippen LogP contribution < -0.4 is 0 Å². The van der Waals surface area contributed by atoms with E-state index in [0.717, 1.165) is 5.69 Å². The van der Waals surface area contributed by atoms with Crippen molar-refractivity contribution in [2.45, 2.75) is 25.9 Å². The van der Waals surface area contributed by atoms with Gasteiger partial charge in [-0.2, -0.15) is 5.26 Å². The average molecular weight is 166 g/mol. The second-order valence-electron chi connectivity index (χ2n) is 2.84. The van der Waals surface area contributed by atoms with Crippen LogP contribution in [0.5, 0.6) is 0 Å². The van der Waals surface area contributed by atoms with Crippen molar-refractivity contribution in [3.8, 4) is 6.07 Å². The van der Waals surface area contributed by atoms with Crippen LogP contribution in [0.4, 0.5) is 0 Å². The number of rotatable bonds is 2. The van der Waals surface area contributed by atoms with Crippen molar-refractivity contribution in [1.29, 1.82) is 5.26 Å². The summed E-state index contributed by atoms with van der Waals surface area (Å²) >= 11 is 0. The maximum Gasteiger partial charge on any atom is 0.201 e. The predicted molar refractivity (Wildman–Crippen MR) is 41.2 cm³/mol. The van der Waals surface area contributed by atoms with E-state index in [4.69, 9.17) is 14.9 Å². The molecule has 0 saturated heterocycles. The van der Waals surface area contributed by atoms with Gasteiger partial charge in [-0.05, 0) is 5.92 Å². The number of hydrogen-bond acceptors (Lipinski definition) is 4. The lowest BCUT2D eigenvalue weighted by Crippen LogP contribution is -1.89. The van der Waals surface area contributed by atoms with Crippen LogP contribution in [-0.4, -0.2) is 10.3 Å². The lowest BCUT2D eigenvalue weighted by atomic mass is 10.1. The second kappa shape index (κ2) is 3.37. The highest BCUT2D eigenvalue weighted by Gasteiger charge is 2.13. The summed E-state index contributed by atoms with van der Waals surface area (Å²) in [6, 6.07) is 3.25. The summed E-state index contributed by atoms with van der Waals surface area (Å²) in [5, 5.41) is 21.1. The fourth-order valence-corrected chi connectivity index (χ4v) is 0.768. The zero-order valence-electron chi connectivity index (χ0n) is 6.98. The van der Waals surface area contributed by atoms with E-state index in [9.17, 15) is 0 Å². The van der Waals surface area contributed by atoms with Gasteiger partial charge >= 0.3 is 0 Å². The molecule has 4 heteroatoms. The van der Waals surface area contributed by atoms with Gasteiger partial charge < -0.3 is 9.63 Å². The first-order valence-electron chi connectivity index (χ1n) is 3.69. The fourth-order valence-electron chi connectivity index (χ4n) is 0.768. The van der Waals surface area contributed by atoms with Crippen molar-refractivity contribution < 1.29 is 9.63 Å². The van der Waals surface area contributed by atoms with E-state index in [-0.39, 0.29) is 11.7 Å². The smallest absolute Gasteiger partial charge is 0.201 e. The Morgan fingerprint density at radius 3 is 2.75 bits per heavy atom. The summed E-state index contributed by atoms with van der Waals surface area (Å²) in [5.41, 5.74) is 0.749. The molecule has 0 aliphatic heterocycles. The summed E-state index contributed by atoms with van der Waals surface area (Å²) < 4.78 is 4.76. The maximum atomic E-state index is 9.03. The second-order valence-corrected chi connectivity index (χ2v) is 2.84. The topological polar surface area (TPSA) is 70.0 Å². The Morgan fingerprint density at radius 2 is 2.33 bits per heavy atom. The number of hydrogen-bond donors (Lipinski definition) is 1. The first-order chi connectivity index (χ1) is 5.65. The molecule has 0 saturated carbocycles. The first-order valence-corrected chi connectivity index (χ1v) is 3.69. The molecule has 64 valence electrons. The molecule has 1 rings (SSSR count). The Labute approximate surface area is 70.4 Å². The van der Waals surface area contributed by atoms with Crippen molar-refractivity contribution in [3.63, 3.8) is 0 Å². The minimum atomic E-state index is -1.20. The zero-order chi connectivity index (χ0) is 9.14. The third-order valence-corrected chi connectivity index (χ3v) is 1.53. The van der Waals surface area contributed by atoms with Crippen LogP contribution in [0, 0.1) is 11.3 Å². The van der Waals surface area contributed by atoms with E-state index in [1.54, 1.807) is 12.1 Å². The SMILES string of the molecule is CC(C)c1cc(C(O)C#N)on1. The Balaban J connectivity index is 2.86. The van der Waals surface area contributed by atoms with Crippen molar-refractivity contribution in [1.82, 2.24) is 5.16 Å². The van der Waals surface area contributed by atoms with Gasteiger partial charge in [-0.1, -0.05) is 19.0 Å². The predicted octanol–water partition coefficient (Wildman–Crippen LogP) is 1.35. The summed E-state index contributed by atoms with van der Waals surface area (Å²) in [6.45, 7) is 3.92. The molecule has 1 N–H and O–H groups in total. The Hall–Kier alpha value is -1.34. The van der Waals surface area contributed by atoms with Crippen LogP contribution in [0.3, 0.4) is 0 Å². The molecule has 0 bridgehead atoms. The van der Waals surface area contributed by atoms with Crippen molar-refractivity contribution >= 4 is 0 Å². The number of nitriles is 1. The summed E-state index contributed by atoms with van der Waals surface area (Å²) in [7, 11) is 0. The first kappa shape index (κ1) is 8.75. The van der Waals surface area contributed by atoms with Gasteiger partial charge in [0.1, 0.15) is 6.07 Å².